The van der Waals surface area contributed by atoms with Gasteiger partial charge >= 0.3 is 11.9 Å². The van der Waals surface area contributed by atoms with Gasteiger partial charge in [0.2, 0.25) is 0 Å². The van der Waals surface area contributed by atoms with Crippen LogP contribution < -0.4 is 0 Å². The number of ether oxygens (including phenoxy) is 1. The number of phenolic OH excluding ortho intramolecular Hbond substituents is 2. The van der Waals surface area contributed by atoms with Gasteiger partial charge in [0.05, 0.1) is 18.2 Å². The maximum absolute atomic E-state index is 11.8. The van der Waals surface area contributed by atoms with Crippen LogP contribution in [0.4, 0.5) is 0 Å². The number of esters is 1. The van der Waals surface area contributed by atoms with Crippen LogP contribution in [0.5, 0.6) is 11.5 Å². The highest BCUT2D eigenvalue weighted by molar-refractivity contribution is 6.11. The van der Waals surface area contributed by atoms with E-state index in [2.05, 4.69) is 0 Å². The third kappa shape index (κ3) is 3.00. The topological polar surface area (TPSA) is 104 Å². The van der Waals surface area contributed by atoms with E-state index in [0.717, 1.165) is 0 Å². The molecule has 0 saturated heterocycles. The minimum Gasteiger partial charge on any atom is -0.507 e. The van der Waals surface area contributed by atoms with Crippen molar-refractivity contribution in [1.82, 2.24) is 0 Å². The normalized spacial score (nSPS) is 10.9. The summed E-state index contributed by atoms with van der Waals surface area (Å²) < 4.78 is 4.75. The zero-order chi connectivity index (χ0) is 20.7. The smallest absolute Gasteiger partial charge is 0.337 e. The molecule has 0 unspecified atom stereocenters. The molecular weight excluding hydrogens is 372 g/mol. The van der Waals surface area contributed by atoms with Gasteiger partial charge in [-0.15, -0.1) is 0 Å². The highest BCUT2D eigenvalue weighted by Gasteiger charge is 2.18. The van der Waals surface area contributed by atoms with E-state index in [1.165, 1.54) is 31.4 Å². The van der Waals surface area contributed by atoms with E-state index >= 15 is 0 Å². The number of phenols is 2. The van der Waals surface area contributed by atoms with E-state index in [4.69, 9.17) is 4.74 Å². The third-order valence-corrected chi connectivity index (χ3v) is 4.91. The van der Waals surface area contributed by atoms with Crippen molar-refractivity contribution in [3.05, 3.63) is 71.8 Å². The third-order valence-electron chi connectivity index (χ3n) is 4.91. The summed E-state index contributed by atoms with van der Waals surface area (Å²) in [5.41, 5.74) is 1.27. The zero-order valence-corrected chi connectivity index (χ0v) is 15.3. The molecule has 0 radical (unpaired) electrons. The molecule has 0 bridgehead atoms. The van der Waals surface area contributed by atoms with Gasteiger partial charge in [-0.1, -0.05) is 24.3 Å². The van der Waals surface area contributed by atoms with E-state index in [-0.39, 0.29) is 17.1 Å². The zero-order valence-electron chi connectivity index (χ0n) is 15.3. The SMILES string of the molecule is COC(=O)c1ccc2c(-c3c(O)ccc4cc(C(=O)O)ccc34)c(O)ccc2c1. The number of hydrogen-bond donors (Lipinski definition) is 3. The largest absolute Gasteiger partial charge is 0.507 e. The fourth-order valence-electron chi connectivity index (χ4n) is 3.54. The summed E-state index contributed by atoms with van der Waals surface area (Å²) in [6, 6.07) is 15.7. The van der Waals surface area contributed by atoms with E-state index < -0.39 is 11.9 Å². The molecule has 4 aromatic rings. The standard InChI is InChI=1S/C23H16O6/c1-29-23(28)15-3-7-17-13(11-15)5-9-19(25)21(17)20-16-6-2-14(22(26)27)10-12(16)4-8-18(20)24/h2-11,24-25H,1H3,(H,26,27). The minimum absolute atomic E-state index is 0.0478. The monoisotopic (exact) mass is 388 g/mol. The first kappa shape index (κ1) is 18.3. The number of aromatic hydroxyl groups is 2. The average Bonchev–Trinajstić information content (AvgIpc) is 2.73. The molecule has 0 heterocycles. The number of carboxylic acid groups (broad SMARTS) is 1. The Bertz CT molecular complexity index is 1310. The molecule has 6 heteroatoms. The summed E-state index contributed by atoms with van der Waals surface area (Å²) in [4.78, 5) is 23.1. The van der Waals surface area contributed by atoms with Crippen molar-refractivity contribution in [1.29, 1.82) is 0 Å². The Hall–Kier alpha value is -4.06. The molecule has 0 amide bonds. The number of rotatable bonds is 3. The summed E-state index contributed by atoms with van der Waals surface area (Å²) in [7, 11) is 1.30. The van der Waals surface area contributed by atoms with Gasteiger partial charge in [0.15, 0.2) is 0 Å². The Morgan fingerprint density at radius 2 is 1.21 bits per heavy atom. The Balaban J connectivity index is 2.04. The highest BCUT2D eigenvalue weighted by Crippen LogP contribution is 2.44. The molecule has 3 N–H and O–H groups in total. The van der Waals surface area contributed by atoms with E-state index in [9.17, 15) is 24.9 Å². The van der Waals surface area contributed by atoms with Gasteiger partial charge in [-0.3, -0.25) is 0 Å². The van der Waals surface area contributed by atoms with Gasteiger partial charge in [-0.2, -0.15) is 0 Å². The lowest BCUT2D eigenvalue weighted by atomic mass is 9.91. The number of hydrogen-bond acceptors (Lipinski definition) is 5. The average molecular weight is 388 g/mol. The van der Waals surface area contributed by atoms with Crippen LogP contribution in [-0.2, 0) is 4.74 Å². The Morgan fingerprint density at radius 3 is 1.69 bits per heavy atom. The molecule has 0 aliphatic rings. The van der Waals surface area contributed by atoms with Crippen LogP contribution in [0.3, 0.4) is 0 Å². The van der Waals surface area contributed by atoms with E-state index in [0.29, 0.717) is 38.2 Å². The lowest BCUT2D eigenvalue weighted by molar-refractivity contribution is 0.0600. The lowest BCUT2D eigenvalue weighted by Crippen LogP contribution is -2.00. The Labute approximate surface area is 165 Å². The molecule has 4 rings (SSSR count). The van der Waals surface area contributed by atoms with E-state index in [1.54, 1.807) is 36.4 Å². The van der Waals surface area contributed by atoms with Crippen molar-refractivity contribution in [3.63, 3.8) is 0 Å². The van der Waals surface area contributed by atoms with Crippen LogP contribution in [0.2, 0.25) is 0 Å². The highest BCUT2D eigenvalue weighted by atomic mass is 16.5. The number of fused-ring (bicyclic) bond motifs is 2. The minimum atomic E-state index is -1.05. The second kappa shape index (κ2) is 6.83. The predicted molar refractivity (Wildman–Crippen MR) is 109 cm³/mol. The molecule has 0 aromatic heterocycles. The molecule has 0 atom stereocenters. The molecule has 0 saturated carbocycles. The maximum Gasteiger partial charge on any atom is 0.337 e. The molecule has 0 spiro atoms. The van der Waals surface area contributed by atoms with Crippen molar-refractivity contribution in [2.24, 2.45) is 0 Å². The summed E-state index contributed by atoms with van der Waals surface area (Å²) in [5, 5.41) is 33.0. The van der Waals surface area contributed by atoms with Gasteiger partial charge in [0.25, 0.3) is 0 Å². The number of carboxylic acids is 1. The fourth-order valence-corrected chi connectivity index (χ4v) is 3.54. The number of aromatic carboxylic acids is 1. The summed E-state index contributed by atoms with van der Waals surface area (Å²) in [6.07, 6.45) is 0. The molecule has 0 fully saturated rings. The number of methoxy groups -OCH3 is 1. The maximum atomic E-state index is 11.8. The molecule has 144 valence electrons. The molecular formula is C23H16O6. The summed E-state index contributed by atoms with van der Waals surface area (Å²) in [6.45, 7) is 0. The van der Waals surface area contributed by atoms with Crippen molar-refractivity contribution >= 4 is 33.5 Å². The molecule has 0 aliphatic heterocycles. The van der Waals surface area contributed by atoms with Gasteiger partial charge in [-0.25, -0.2) is 9.59 Å². The van der Waals surface area contributed by atoms with Crippen molar-refractivity contribution in [2.45, 2.75) is 0 Å². The van der Waals surface area contributed by atoms with Crippen LogP contribution in [0, 0.1) is 0 Å². The van der Waals surface area contributed by atoms with E-state index in [1.807, 2.05) is 0 Å². The van der Waals surface area contributed by atoms with Gasteiger partial charge in [-0.05, 0) is 57.9 Å². The first-order chi connectivity index (χ1) is 13.9. The number of carbonyl (C=O) groups excluding carboxylic acids is 1. The first-order valence-electron chi connectivity index (χ1n) is 8.74. The quantitative estimate of drug-likeness (QED) is 0.445. The lowest BCUT2D eigenvalue weighted by Gasteiger charge is -2.15. The first-order valence-corrected chi connectivity index (χ1v) is 8.74. The molecule has 29 heavy (non-hydrogen) atoms. The van der Waals surface area contributed by atoms with Gasteiger partial charge in [0, 0.05) is 11.1 Å². The Morgan fingerprint density at radius 1 is 0.724 bits per heavy atom. The van der Waals surface area contributed by atoms with Gasteiger partial charge in [0.1, 0.15) is 11.5 Å². The second-order valence-electron chi connectivity index (χ2n) is 6.59. The molecule has 4 aromatic carbocycles. The summed E-state index contributed by atoms with van der Waals surface area (Å²) >= 11 is 0. The van der Waals surface area contributed by atoms with Crippen LogP contribution in [0.15, 0.2) is 60.7 Å². The van der Waals surface area contributed by atoms with Crippen molar-refractivity contribution < 1.29 is 29.6 Å². The van der Waals surface area contributed by atoms with Crippen LogP contribution in [0.25, 0.3) is 32.7 Å². The van der Waals surface area contributed by atoms with Gasteiger partial charge < -0.3 is 20.1 Å². The van der Waals surface area contributed by atoms with Crippen LogP contribution in [-0.4, -0.2) is 34.4 Å². The van der Waals surface area contributed by atoms with Crippen LogP contribution in [0.1, 0.15) is 20.7 Å². The molecule has 0 aliphatic carbocycles. The van der Waals surface area contributed by atoms with Crippen LogP contribution >= 0.6 is 0 Å². The molecule has 6 nitrogen and oxygen atoms in total. The van der Waals surface area contributed by atoms with Crippen molar-refractivity contribution in [2.75, 3.05) is 7.11 Å². The Kier molecular flexibility index (Phi) is 4.31. The predicted octanol–water partition coefficient (Wildman–Crippen LogP) is 4.56. The second-order valence-corrected chi connectivity index (χ2v) is 6.59. The summed E-state index contributed by atoms with van der Waals surface area (Å²) in [5.74, 6) is -1.63. The van der Waals surface area contributed by atoms with Crippen molar-refractivity contribution in [3.8, 4) is 22.6 Å². The number of carbonyl (C=O) groups is 2. The number of benzene rings is 4. The fraction of sp³-hybridized carbons (Fsp3) is 0.0435.